The molecule has 0 aliphatic carbocycles. The van der Waals surface area contributed by atoms with Crippen molar-refractivity contribution in [2.24, 2.45) is 0 Å². The van der Waals surface area contributed by atoms with E-state index in [0.717, 1.165) is 22.0 Å². The molecule has 6 heteroatoms. The normalized spacial score (nSPS) is 11.9. The molecular formula is C22H23NO5. The van der Waals surface area contributed by atoms with E-state index in [1.165, 1.54) is 0 Å². The van der Waals surface area contributed by atoms with Gasteiger partial charge in [-0.05, 0) is 30.7 Å². The predicted molar refractivity (Wildman–Crippen MR) is 106 cm³/mol. The number of carbonyl (C=O) groups is 1. The Morgan fingerprint density at radius 3 is 2.57 bits per heavy atom. The van der Waals surface area contributed by atoms with Crippen LogP contribution < -0.4 is 9.47 Å². The summed E-state index contributed by atoms with van der Waals surface area (Å²) < 4.78 is 16.5. The number of aliphatic carboxylic acids is 1. The Kier molecular flexibility index (Phi) is 6.45. The number of methoxy groups -OCH3 is 1. The molecule has 0 bridgehead atoms. The van der Waals surface area contributed by atoms with Crippen molar-refractivity contribution in [2.75, 3.05) is 13.7 Å². The van der Waals surface area contributed by atoms with Gasteiger partial charge in [0, 0.05) is 30.0 Å². The number of nitrogens with zero attached hydrogens (tertiary/aromatic N) is 1. The van der Waals surface area contributed by atoms with Gasteiger partial charge in [0.2, 0.25) is 5.88 Å². The molecule has 0 aliphatic rings. The van der Waals surface area contributed by atoms with Gasteiger partial charge in [-0.25, -0.2) is 9.78 Å². The van der Waals surface area contributed by atoms with E-state index >= 15 is 0 Å². The number of hydrogen-bond acceptors (Lipinski definition) is 5. The van der Waals surface area contributed by atoms with Gasteiger partial charge in [0.15, 0.2) is 6.10 Å². The largest absolute Gasteiger partial charge is 0.489 e. The molecule has 0 fully saturated rings. The van der Waals surface area contributed by atoms with Crippen LogP contribution in [0.3, 0.4) is 0 Å². The molecule has 0 radical (unpaired) electrons. The van der Waals surface area contributed by atoms with Gasteiger partial charge in [-0.1, -0.05) is 30.3 Å². The maximum absolute atomic E-state index is 11.2. The van der Waals surface area contributed by atoms with Gasteiger partial charge >= 0.3 is 5.97 Å². The van der Waals surface area contributed by atoms with Crippen LogP contribution in [-0.2, 0) is 22.6 Å². The summed E-state index contributed by atoms with van der Waals surface area (Å²) in [6.45, 7) is 2.52. The second kappa shape index (κ2) is 9.19. The minimum atomic E-state index is -0.958. The van der Waals surface area contributed by atoms with Crippen LogP contribution in [0, 0.1) is 0 Å². The first kappa shape index (κ1) is 19.6. The quantitative estimate of drug-likeness (QED) is 0.607. The third-order valence-corrected chi connectivity index (χ3v) is 4.37. The van der Waals surface area contributed by atoms with Crippen LogP contribution in [0.2, 0.25) is 0 Å². The van der Waals surface area contributed by atoms with Crippen LogP contribution in [-0.4, -0.2) is 35.9 Å². The highest BCUT2D eigenvalue weighted by Crippen LogP contribution is 2.24. The van der Waals surface area contributed by atoms with E-state index in [1.54, 1.807) is 14.0 Å². The standard InChI is InChI=1S/C22H23NO5/c1-3-27-20(22(24)25)12-15-8-10-17(11-9-15)28-14-16-13-21(26-2)23-19-7-5-4-6-18(16)19/h4-11,13,20H,3,12,14H2,1-2H3,(H,24,25). The summed E-state index contributed by atoms with van der Waals surface area (Å²) in [6.07, 6.45) is -0.525. The first-order chi connectivity index (χ1) is 13.6. The summed E-state index contributed by atoms with van der Waals surface area (Å²) in [7, 11) is 1.59. The summed E-state index contributed by atoms with van der Waals surface area (Å²) >= 11 is 0. The van der Waals surface area contributed by atoms with Crippen molar-refractivity contribution in [3.63, 3.8) is 0 Å². The van der Waals surface area contributed by atoms with Crippen LogP contribution in [0.5, 0.6) is 11.6 Å². The molecule has 1 aromatic heterocycles. The van der Waals surface area contributed by atoms with Crippen LogP contribution >= 0.6 is 0 Å². The fourth-order valence-corrected chi connectivity index (χ4v) is 2.96. The first-order valence-electron chi connectivity index (χ1n) is 9.09. The molecule has 146 valence electrons. The van der Waals surface area contributed by atoms with E-state index in [0.29, 0.717) is 31.3 Å². The van der Waals surface area contributed by atoms with E-state index in [-0.39, 0.29) is 0 Å². The molecule has 1 N–H and O–H groups in total. The van der Waals surface area contributed by atoms with E-state index in [4.69, 9.17) is 14.2 Å². The fourth-order valence-electron chi connectivity index (χ4n) is 2.96. The minimum Gasteiger partial charge on any atom is -0.489 e. The molecule has 3 aromatic rings. The van der Waals surface area contributed by atoms with Crippen LogP contribution in [0.1, 0.15) is 18.1 Å². The van der Waals surface area contributed by atoms with E-state index in [1.807, 2.05) is 54.6 Å². The number of carboxylic acid groups (broad SMARTS) is 1. The second-order valence-corrected chi connectivity index (χ2v) is 6.26. The Morgan fingerprint density at radius 1 is 1.14 bits per heavy atom. The number of para-hydroxylation sites is 1. The molecule has 0 aliphatic heterocycles. The lowest BCUT2D eigenvalue weighted by atomic mass is 10.1. The maximum atomic E-state index is 11.2. The number of rotatable bonds is 9. The molecule has 0 spiro atoms. The third kappa shape index (κ3) is 4.78. The average Bonchev–Trinajstić information content (AvgIpc) is 2.72. The van der Waals surface area contributed by atoms with Crippen LogP contribution in [0.4, 0.5) is 0 Å². The van der Waals surface area contributed by atoms with E-state index in [2.05, 4.69) is 4.98 Å². The second-order valence-electron chi connectivity index (χ2n) is 6.26. The smallest absolute Gasteiger partial charge is 0.333 e. The topological polar surface area (TPSA) is 77.9 Å². The number of ether oxygens (including phenoxy) is 3. The molecule has 1 atom stereocenters. The lowest BCUT2D eigenvalue weighted by Crippen LogP contribution is -2.26. The molecule has 0 saturated heterocycles. The highest BCUT2D eigenvalue weighted by molar-refractivity contribution is 5.82. The number of carboxylic acids is 1. The molecule has 1 unspecified atom stereocenters. The SMILES string of the molecule is CCOC(Cc1ccc(OCc2cc(OC)nc3ccccc23)cc1)C(=O)O. The number of pyridine rings is 1. The Morgan fingerprint density at radius 2 is 1.89 bits per heavy atom. The van der Waals surface area contributed by atoms with Gasteiger partial charge in [0.05, 0.1) is 12.6 Å². The van der Waals surface area contributed by atoms with Gasteiger partial charge < -0.3 is 19.3 Å². The summed E-state index contributed by atoms with van der Waals surface area (Å²) in [5.74, 6) is 0.288. The minimum absolute atomic E-state index is 0.315. The van der Waals surface area contributed by atoms with Crippen molar-refractivity contribution in [1.29, 1.82) is 0 Å². The number of benzene rings is 2. The summed E-state index contributed by atoms with van der Waals surface area (Å²) in [5.41, 5.74) is 2.71. The van der Waals surface area contributed by atoms with Crippen molar-refractivity contribution in [2.45, 2.75) is 26.1 Å². The van der Waals surface area contributed by atoms with Gasteiger partial charge in [0.25, 0.3) is 0 Å². The van der Waals surface area contributed by atoms with E-state index < -0.39 is 12.1 Å². The summed E-state index contributed by atoms with van der Waals surface area (Å²) in [6, 6.07) is 17.1. The molecular weight excluding hydrogens is 358 g/mol. The average molecular weight is 381 g/mol. The Hall–Kier alpha value is -3.12. The Labute approximate surface area is 163 Å². The van der Waals surface area contributed by atoms with Gasteiger partial charge in [-0.2, -0.15) is 0 Å². The summed E-state index contributed by atoms with van der Waals surface area (Å²) in [4.78, 5) is 15.7. The number of hydrogen-bond donors (Lipinski definition) is 1. The lowest BCUT2D eigenvalue weighted by molar-refractivity contribution is -0.149. The molecule has 3 rings (SSSR count). The van der Waals surface area contributed by atoms with Crippen LogP contribution in [0.25, 0.3) is 10.9 Å². The highest BCUT2D eigenvalue weighted by atomic mass is 16.5. The first-order valence-corrected chi connectivity index (χ1v) is 9.09. The molecule has 0 amide bonds. The maximum Gasteiger partial charge on any atom is 0.333 e. The number of aromatic nitrogens is 1. The Balaban J connectivity index is 1.70. The lowest BCUT2D eigenvalue weighted by Gasteiger charge is -2.13. The zero-order valence-electron chi connectivity index (χ0n) is 15.9. The van der Waals surface area contributed by atoms with Gasteiger partial charge in [-0.3, -0.25) is 0 Å². The predicted octanol–water partition coefficient (Wildman–Crippen LogP) is 3.85. The van der Waals surface area contributed by atoms with Crippen molar-refractivity contribution in [1.82, 2.24) is 4.98 Å². The molecule has 1 heterocycles. The zero-order chi connectivity index (χ0) is 19.9. The molecule has 2 aromatic carbocycles. The van der Waals surface area contributed by atoms with Crippen molar-refractivity contribution < 1.29 is 24.1 Å². The molecule has 0 saturated carbocycles. The molecule has 6 nitrogen and oxygen atoms in total. The molecule has 28 heavy (non-hydrogen) atoms. The zero-order valence-corrected chi connectivity index (χ0v) is 15.9. The van der Waals surface area contributed by atoms with Gasteiger partial charge in [-0.15, -0.1) is 0 Å². The van der Waals surface area contributed by atoms with Crippen LogP contribution in [0.15, 0.2) is 54.6 Å². The Bertz CT molecular complexity index is 939. The highest BCUT2D eigenvalue weighted by Gasteiger charge is 2.17. The fraction of sp³-hybridized carbons (Fsp3) is 0.273. The van der Waals surface area contributed by atoms with Crippen molar-refractivity contribution in [3.8, 4) is 11.6 Å². The van der Waals surface area contributed by atoms with Gasteiger partial charge in [0.1, 0.15) is 12.4 Å². The summed E-state index contributed by atoms with van der Waals surface area (Å²) in [5, 5.41) is 10.2. The third-order valence-electron chi connectivity index (χ3n) is 4.37. The van der Waals surface area contributed by atoms with Crippen molar-refractivity contribution in [3.05, 3.63) is 65.7 Å². The number of fused-ring (bicyclic) bond motifs is 1. The van der Waals surface area contributed by atoms with E-state index in [9.17, 15) is 9.90 Å². The van der Waals surface area contributed by atoms with Crippen molar-refractivity contribution >= 4 is 16.9 Å². The monoisotopic (exact) mass is 381 g/mol.